The monoisotopic (exact) mass is 1260 g/mol. The van der Waals surface area contributed by atoms with Crippen LogP contribution >= 0.6 is 0 Å². The Morgan fingerprint density at radius 2 is 0.442 bits per heavy atom. The minimum absolute atomic E-state index is 0.342. The van der Waals surface area contributed by atoms with Crippen LogP contribution in [0.1, 0.15) is 12.8 Å². The molecule has 0 rings (SSSR count). The highest BCUT2D eigenvalue weighted by Gasteiger charge is 2.97. The van der Waals surface area contributed by atoms with Crippen molar-refractivity contribution in [3.05, 3.63) is 0 Å². The molecular weight excluding hydrogens is 1240 g/mol. The second-order valence-corrected chi connectivity index (χ2v) is 14.3. The molecule has 0 fully saturated rings. The minimum atomic E-state index is -9.38. The van der Waals surface area contributed by atoms with Crippen LogP contribution < -0.4 is 16.0 Å². The summed E-state index contributed by atoms with van der Waals surface area (Å²) in [4.78, 5) is 23.0. The number of ether oxygens (including phenoxy) is 2. The topological polar surface area (TPSA) is 88.7 Å². The maximum Gasteiger partial charge on any atom is 0.458 e. The second-order valence-electron chi connectivity index (χ2n) is 14.3. The van der Waals surface area contributed by atoms with Gasteiger partial charge in [0, 0.05) is 13.1 Å². The third-order valence-corrected chi connectivity index (χ3v) is 8.87. The normalized spacial score (nSPS) is 16.2. The van der Waals surface area contributed by atoms with Crippen LogP contribution in [0.3, 0.4) is 0 Å². The predicted molar refractivity (Wildman–Crippen MR) is 151 cm³/mol. The van der Waals surface area contributed by atoms with Gasteiger partial charge in [0.15, 0.2) is 0 Å². The number of carbonyl (C=O) groups excluding carboxylic acids is 2. The number of halogens is 42. The van der Waals surface area contributed by atoms with Gasteiger partial charge in [0.1, 0.15) is 0 Å². The summed E-state index contributed by atoms with van der Waals surface area (Å²) in [6, 6.07) is 0. The predicted octanol–water partition coefficient (Wildman–Crippen LogP) is 12.0. The van der Waals surface area contributed by atoms with Gasteiger partial charge in [-0.15, -0.1) is 0 Å². The number of hydrogen-bond acceptors (Lipinski definition) is 5. The van der Waals surface area contributed by atoms with E-state index in [1.165, 1.54) is 0 Å². The highest BCUT2D eigenvalue weighted by Crippen LogP contribution is 2.66. The highest BCUT2D eigenvalue weighted by atomic mass is 19.5. The average Bonchev–Trinajstić information content (AvgIpc) is 3.19. The smallest absolute Gasteiger partial charge is 0.351 e. The average molecular weight is 1260 g/mol. The van der Waals surface area contributed by atoms with Crippen molar-refractivity contribution in [2.75, 3.05) is 26.2 Å². The molecule has 7 nitrogen and oxygen atoms in total. The van der Waals surface area contributed by atoms with Crippen molar-refractivity contribution in [2.24, 2.45) is 0 Å². The molecular formula is C28H15F42N3O4. The first-order chi connectivity index (χ1) is 33.0. The van der Waals surface area contributed by atoms with Crippen molar-refractivity contribution in [3.63, 3.8) is 0 Å². The van der Waals surface area contributed by atoms with Crippen molar-refractivity contribution in [1.82, 2.24) is 16.0 Å². The Hall–Kier alpha value is -4.12. The van der Waals surface area contributed by atoms with Gasteiger partial charge in [0.25, 0.3) is 11.8 Å². The minimum Gasteiger partial charge on any atom is -0.351 e. The van der Waals surface area contributed by atoms with Crippen LogP contribution in [0.25, 0.3) is 0 Å². The molecule has 0 unspecified atom stereocenters. The van der Waals surface area contributed by atoms with Gasteiger partial charge in [-0.2, -0.15) is 184 Å². The summed E-state index contributed by atoms with van der Waals surface area (Å²) in [5, 5.41) is 2.43. The number of carbonyl (C=O) groups is 2. The van der Waals surface area contributed by atoms with Crippen LogP contribution in [0.4, 0.5) is 184 Å². The van der Waals surface area contributed by atoms with Gasteiger partial charge < -0.3 is 16.0 Å². The Balaban J connectivity index is 6.01. The molecule has 49 heteroatoms. The zero-order valence-corrected chi connectivity index (χ0v) is 34.3. The summed E-state index contributed by atoms with van der Waals surface area (Å²) in [6.45, 7) is -5.82. The molecule has 0 saturated heterocycles. The molecule has 0 spiro atoms. The summed E-state index contributed by atoms with van der Waals surface area (Å²) in [7, 11) is 0. The summed E-state index contributed by atoms with van der Waals surface area (Å²) in [6.07, 6.45) is -52.8. The molecule has 0 saturated carbocycles. The Morgan fingerprint density at radius 3 is 0.636 bits per heavy atom. The summed E-state index contributed by atoms with van der Waals surface area (Å²) in [5.41, 5.74) is 0. The van der Waals surface area contributed by atoms with E-state index in [-0.39, 0.29) is 0 Å². The van der Waals surface area contributed by atoms with E-state index in [9.17, 15) is 194 Å². The largest absolute Gasteiger partial charge is 0.458 e. The molecule has 0 atom stereocenters. The first-order valence-electron chi connectivity index (χ1n) is 17.6. The molecule has 2 amide bonds. The van der Waals surface area contributed by atoms with Crippen LogP contribution in [0.2, 0.25) is 0 Å². The number of nitrogens with one attached hydrogen (secondary N) is 3. The van der Waals surface area contributed by atoms with E-state index in [2.05, 4.69) is 0 Å². The summed E-state index contributed by atoms with van der Waals surface area (Å²) >= 11 is 0. The van der Waals surface area contributed by atoms with Gasteiger partial charge in [-0.05, 0) is 25.9 Å². The van der Waals surface area contributed by atoms with Crippen LogP contribution in [0.5, 0.6) is 0 Å². The van der Waals surface area contributed by atoms with E-state index < -0.39 is 171 Å². The molecule has 77 heavy (non-hydrogen) atoms. The van der Waals surface area contributed by atoms with Gasteiger partial charge in [-0.1, -0.05) is 0 Å². The van der Waals surface area contributed by atoms with Crippen LogP contribution in [0.15, 0.2) is 0 Å². The lowest BCUT2D eigenvalue weighted by atomic mass is 9.90. The maximum absolute atomic E-state index is 14.1. The number of amides is 2. The third kappa shape index (κ3) is 11.3. The maximum atomic E-state index is 14.1. The molecule has 460 valence electrons. The highest BCUT2D eigenvalue weighted by molar-refractivity contribution is 5.85. The zero-order valence-electron chi connectivity index (χ0n) is 34.3. The second kappa shape index (κ2) is 20.5. The summed E-state index contributed by atoms with van der Waals surface area (Å²) in [5.74, 6) is -132. The van der Waals surface area contributed by atoms with E-state index in [1.54, 1.807) is 5.32 Å². The summed E-state index contributed by atoms with van der Waals surface area (Å²) < 4.78 is 567. The molecule has 0 aliphatic heterocycles. The third-order valence-electron chi connectivity index (χ3n) is 8.87. The van der Waals surface area contributed by atoms with E-state index in [0.29, 0.717) is 10.6 Å². The van der Waals surface area contributed by atoms with Crippen molar-refractivity contribution < 1.29 is 203 Å². The molecule has 0 aromatic carbocycles. The van der Waals surface area contributed by atoms with Gasteiger partial charge in [-0.3, -0.25) is 19.1 Å². The van der Waals surface area contributed by atoms with Gasteiger partial charge >= 0.3 is 120 Å². The molecule has 0 aliphatic carbocycles. The number of rotatable bonds is 26. The van der Waals surface area contributed by atoms with Crippen LogP contribution in [-0.4, -0.2) is 158 Å². The van der Waals surface area contributed by atoms with Gasteiger partial charge in [0.05, 0.1) is 0 Å². The van der Waals surface area contributed by atoms with E-state index >= 15 is 0 Å². The standard InChI is InChI=1S/C28H15F42N3O4/c29-9(30,11(33,34)13(37,38)15(41,42)17(45,46)19(49,50)27(67,68)76-21(53,23(55,56)57)24(58,59)60)7(74)72-5-1-3-71-4-2-6-73-8(75)10(31,32)12(35,36)14(39,40)16(43,44)18(47,48)20(51,52)28(69,70)77-22(54,25(61,62)63)26(64,65)66/h71H,1-6H2,(H,72,74)(H,73,75). The molecule has 0 bridgehead atoms. The molecule has 0 aromatic heterocycles. The SMILES string of the molecule is O=C(NCCCNCCCNC(=O)C(F)(F)C(F)(F)C(F)(F)C(F)(F)C(F)(F)C(F)(F)C(F)(F)OC(F)(C(F)(F)F)C(F)(F)F)C(F)(F)C(F)(F)C(F)(F)C(F)(F)C(F)(F)C(F)(F)C(F)(F)OC(F)(C(F)(F)F)C(F)(F)F. The van der Waals surface area contributed by atoms with Crippen molar-refractivity contribution in [1.29, 1.82) is 0 Å². The number of hydrogen-bond donors (Lipinski definition) is 3. The first kappa shape index (κ1) is 72.9. The van der Waals surface area contributed by atoms with Crippen molar-refractivity contribution >= 4 is 11.8 Å². The van der Waals surface area contributed by atoms with E-state index in [4.69, 9.17) is 0 Å². The quantitative estimate of drug-likeness (QED) is 0.0593. The fraction of sp³-hybridized carbons (Fsp3) is 0.929. The van der Waals surface area contributed by atoms with Crippen molar-refractivity contribution in [2.45, 2.75) is 133 Å². The van der Waals surface area contributed by atoms with Gasteiger partial charge in [-0.25, -0.2) is 0 Å². The Kier molecular flexibility index (Phi) is 19.4. The molecule has 0 aromatic rings. The fourth-order valence-corrected chi connectivity index (χ4v) is 4.44. The van der Waals surface area contributed by atoms with Gasteiger partial charge in [0.2, 0.25) is 0 Å². The Bertz CT molecular complexity index is 1880. The van der Waals surface area contributed by atoms with Crippen LogP contribution in [0, 0.1) is 0 Å². The Morgan fingerprint density at radius 1 is 0.260 bits per heavy atom. The molecule has 3 N–H and O–H groups in total. The first-order valence-corrected chi connectivity index (χ1v) is 17.6. The molecule has 0 heterocycles. The molecule has 0 aliphatic rings. The lowest BCUT2D eigenvalue weighted by Gasteiger charge is -2.43. The lowest BCUT2D eigenvalue weighted by molar-refractivity contribution is -0.527. The number of alkyl halides is 42. The lowest BCUT2D eigenvalue weighted by Crippen LogP contribution is -2.75. The Labute approximate surface area is 391 Å². The zero-order chi connectivity index (χ0) is 62.9. The molecule has 0 radical (unpaired) electrons. The van der Waals surface area contributed by atoms with Crippen LogP contribution in [-0.2, 0) is 19.1 Å². The van der Waals surface area contributed by atoms with Crippen molar-refractivity contribution in [3.8, 4) is 0 Å². The van der Waals surface area contributed by atoms with E-state index in [1.807, 2.05) is 0 Å². The fourth-order valence-electron chi connectivity index (χ4n) is 4.44. The van der Waals surface area contributed by atoms with E-state index in [0.717, 1.165) is 9.47 Å².